The summed E-state index contributed by atoms with van der Waals surface area (Å²) < 4.78 is 36.2. The summed E-state index contributed by atoms with van der Waals surface area (Å²) in [6.07, 6.45) is 0. The summed E-state index contributed by atoms with van der Waals surface area (Å²) >= 11 is 0. The Bertz CT molecular complexity index is 111. The molecule has 2 nitrogen and oxygen atoms in total. The average molecular weight is 177 g/mol. The first kappa shape index (κ1) is 10.0. The third kappa shape index (κ3) is 2.00. The molecule has 1 rings (SSSR count). The lowest BCUT2D eigenvalue weighted by molar-refractivity contribution is -0.242. The predicted molar refractivity (Wildman–Crippen MR) is 32.9 cm³/mol. The number of alkyl halides is 2. The van der Waals surface area contributed by atoms with Gasteiger partial charge in [-0.3, -0.25) is 0 Å². The van der Waals surface area contributed by atoms with E-state index in [0.29, 0.717) is 0 Å². The van der Waals surface area contributed by atoms with E-state index in [1.54, 1.807) is 0 Å². The van der Waals surface area contributed by atoms with Gasteiger partial charge in [-0.05, 0) is 0 Å². The van der Waals surface area contributed by atoms with E-state index in [0.717, 1.165) is 0 Å². The van der Waals surface area contributed by atoms with E-state index in [-0.39, 0.29) is 25.5 Å². The highest BCUT2D eigenvalue weighted by Gasteiger charge is 2.39. The van der Waals surface area contributed by atoms with Crippen molar-refractivity contribution in [3.8, 4) is 0 Å². The molecular formula is C4H8ClF3N2. The number of nitrogens with zero attached hydrogens (tertiary/aromatic N) is 1. The summed E-state index contributed by atoms with van der Waals surface area (Å²) in [6, 6.07) is -3.31. The van der Waals surface area contributed by atoms with Crippen LogP contribution in [0.3, 0.4) is 0 Å². The van der Waals surface area contributed by atoms with Gasteiger partial charge in [-0.25, -0.2) is 0 Å². The molecule has 1 aliphatic heterocycles. The lowest BCUT2D eigenvalue weighted by Gasteiger charge is -2.27. The van der Waals surface area contributed by atoms with Gasteiger partial charge in [0.2, 0.25) is 0 Å². The van der Waals surface area contributed by atoms with Crippen molar-refractivity contribution in [2.24, 2.45) is 0 Å². The van der Waals surface area contributed by atoms with Gasteiger partial charge in [-0.2, -0.15) is 8.78 Å². The van der Waals surface area contributed by atoms with E-state index in [1.165, 1.54) is 0 Å². The molecule has 0 aromatic carbocycles. The number of piperazine rings is 1. The Kier molecular flexibility index (Phi) is 3.41. The molecule has 1 N–H and O–H groups in total. The molecule has 0 saturated carbocycles. The first-order valence-corrected chi connectivity index (χ1v) is 2.65. The van der Waals surface area contributed by atoms with Gasteiger partial charge in [0.15, 0.2) is 0 Å². The summed E-state index contributed by atoms with van der Waals surface area (Å²) in [5.74, 6) is 0. The minimum atomic E-state index is -3.31. The van der Waals surface area contributed by atoms with Crippen molar-refractivity contribution < 1.29 is 13.3 Å². The molecule has 0 aromatic heterocycles. The fourth-order valence-corrected chi connectivity index (χ4v) is 0.665. The maximum absolute atomic E-state index is 12.1. The molecular weight excluding hydrogens is 169 g/mol. The number of rotatable bonds is 0. The zero-order valence-corrected chi connectivity index (χ0v) is 5.93. The Hall–Kier alpha value is -0.0000000000000000555. The molecule has 1 heterocycles. The second-order valence-corrected chi connectivity index (χ2v) is 1.93. The first-order valence-electron chi connectivity index (χ1n) is 2.65. The Morgan fingerprint density at radius 1 is 1.40 bits per heavy atom. The topological polar surface area (TPSA) is 15.3 Å². The zero-order chi connectivity index (χ0) is 6.91. The predicted octanol–water partition coefficient (Wildman–Crippen LogP) is 0.791. The van der Waals surface area contributed by atoms with Gasteiger partial charge in [0, 0.05) is 13.1 Å². The van der Waals surface area contributed by atoms with Crippen molar-refractivity contribution in [3.05, 3.63) is 0 Å². The molecule has 6 heteroatoms. The van der Waals surface area contributed by atoms with E-state index < -0.39 is 17.7 Å². The number of nitrogens with one attached hydrogen (secondary N) is 1. The van der Waals surface area contributed by atoms with Crippen LogP contribution in [0.5, 0.6) is 0 Å². The van der Waals surface area contributed by atoms with Crippen molar-refractivity contribution >= 4 is 12.4 Å². The summed E-state index contributed by atoms with van der Waals surface area (Å²) in [4.78, 5) is 0. The highest BCUT2D eigenvalue weighted by Crippen LogP contribution is 2.20. The highest BCUT2D eigenvalue weighted by molar-refractivity contribution is 5.85. The summed E-state index contributed by atoms with van der Waals surface area (Å²) in [5.41, 5.74) is 0. The van der Waals surface area contributed by atoms with E-state index in [4.69, 9.17) is 0 Å². The van der Waals surface area contributed by atoms with Crippen LogP contribution in [0.4, 0.5) is 13.3 Å². The normalized spacial score (nSPS) is 25.5. The molecule has 1 aliphatic rings. The zero-order valence-electron chi connectivity index (χ0n) is 5.11. The Morgan fingerprint density at radius 2 is 2.00 bits per heavy atom. The van der Waals surface area contributed by atoms with Crippen LogP contribution in [0.1, 0.15) is 0 Å². The molecule has 0 aromatic rings. The maximum atomic E-state index is 12.1. The van der Waals surface area contributed by atoms with E-state index in [2.05, 4.69) is 5.32 Å². The van der Waals surface area contributed by atoms with Crippen LogP contribution in [-0.2, 0) is 0 Å². The van der Waals surface area contributed by atoms with Gasteiger partial charge in [0.05, 0.1) is 6.54 Å². The summed E-state index contributed by atoms with van der Waals surface area (Å²) in [6.45, 7) is -0.553. The minimum absolute atomic E-state index is 0. The Morgan fingerprint density at radius 3 is 2.30 bits per heavy atom. The van der Waals surface area contributed by atoms with Crippen LogP contribution in [0.2, 0.25) is 0 Å². The van der Waals surface area contributed by atoms with Crippen LogP contribution in [0, 0.1) is 0 Å². The number of hydrogen-bond acceptors (Lipinski definition) is 2. The molecule has 1 saturated heterocycles. The first-order chi connectivity index (χ1) is 4.13. The highest BCUT2D eigenvalue weighted by atomic mass is 35.5. The summed E-state index contributed by atoms with van der Waals surface area (Å²) in [7, 11) is 0. The fourth-order valence-electron chi connectivity index (χ4n) is 0.665. The van der Waals surface area contributed by atoms with Crippen LogP contribution in [-0.4, -0.2) is 30.8 Å². The van der Waals surface area contributed by atoms with Crippen LogP contribution >= 0.6 is 12.4 Å². The molecule has 62 valence electrons. The monoisotopic (exact) mass is 176 g/mol. The maximum Gasteiger partial charge on any atom is 0.342 e. The quantitative estimate of drug-likeness (QED) is 0.434. The van der Waals surface area contributed by atoms with Gasteiger partial charge in [0.1, 0.15) is 0 Å². The van der Waals surface area contributed by atoms with Crippen LogP contribution < -0.4 is 5.32 Å². The van der Waals surface area contributed by atoms with Crippen molar-refractivity contribution in [3.63, 3.8) is 0 Å². The van der Waals surface area contributed by atoms with Gasteiger partial charge >= 0.3 is 6.05 Å². The average Bonchev–Trinajstić information content (AvgIpc) is 1.77. The minimum Gasteiger partial charge on any atom is -0.308 e. The number of halogens is 4. The van der Waals surface area contributed by atoms with Crippen molar-refractivity contribution in [1.29, 1.82) is 0 Å². The lowest BCUT2D eigenvalue weighted by atomic mass is 10.4. The van der Waals surface area contributed by atoms with Gasteiger partial charge < -0.3 is 5.32 Å². The molecule has 0 bridgehead atoms. The third-order valence-corrected chi connectivity index (χ3v) is 1.18. The van der Waals surface area contributed by atoms with E-state index in [1.807, 2.05) is 0 Å². The lowest BCUT2D eigenvalue weighted by Crippen LogP contribution is -2.52. The molecule has 0 aliphatic carbocycles. The van der Waals surface area contributed by atoms with Crippen LogP contribution in [0.15, 0.2) is 0 Å². The molecule has 0 radical (unpaired) electrons. The smallest absolute Gasteiger partial charge is 0.308 e. The van der Waals surface area contributed by atoms with E-state index >= 15 is 0 Å². The summed E-state index contributed by atoms with van der Waals surface area (Å²) in [5, 5.41) is 1.93. The SMILES string of the molecule is Cl.FN1CCNCC1(F)F. The molecule has 0 atom stereocenters. The van der Waals surface area contributed by atoms with Crippen molar-refractivity contribution in [2.45, 2.75) is 6.05 Å². The second kappa shape index (κ2) is 3.41. The fraction of sp³-hybridized carbons (Fsp3) is 1.00. The standard InChI is InChI=1S/C4H7F3N2.ClH/c5-4(6)3-8-1-2-9(4)7;/h8H,1-3H2;1H. The Labute approximate surface area is 62.7 Å². The largest absolute Gasteiger partial charge is 0.342 e. The molecule has 10 heavy (non-hydrogen) atoms. The molecule has 0 amide bonds. The van der Waals surface area contributed by atoms with Gasteiger partial charge in [0.25, 0.3) is 0 Å². The van der Waals surface area contributed by atoms with Gasteiger partial charge in [-0.1, -0.05) is 5.12 Å². The Balaban J connectivity index is 0.000000810. The molecule has 0 unspecified atom stereocenters. The van der Waals surface area contributed by atoms with Crippen molar-refractivity contribution in [1.82, 2.24) is 10.4 Å². The number of hydrogen-bond donors (Lipinski definition) is 1. The molecule has 0 spiro atoms. The third-order valence-electron chi connectivity index (χ3n) is 1.18. The van der Waals surface area contributed by atoms with Gasteiger partial charge in [-0.15, -0.1) is 16.9 Å². The van der Waals surface area contributed by atoms with E-state index in [9.17, 15) is 13.3 Å². The molecule has 1 fully saturated rings. The van der Waals surface area contributed by atoms with Crippen LogP contribution in [0.25, 0.3) is 0 Å². The van der Waals surface area contributed by atoms with Crippen molar-refractivity contribution in [2.75, 3.05) is 19.6 Å². The second-order valence-electron chi connectivity index (χ2n) is 1.93.